The first-order chi connectivity index (χ1) is 19.6. The number of unbranched alkanes of at least 4 members (excludes halogenated alkanes) is 3. The number of aliphatic hydroxyl groups excluding tert-OH is 1. The van der Waals surface area contributed by atoms with Crippen molar-refractivity contribution in [1.82, 2.24) is 0 Å². The molecule has 3 N–H and O–H groups in total. The molecule has 4 rings (SSSR count). The molecule has 8 heteroatoms. The molecule has 0 bridgehead atoms. The maximum Gasteiger partial charge on any atom is 0.331 e. The van der Waals surface area contributed by atoms with Gasteiger partial charge in [0.15, 0.2) is 11.4 Å². The van der Waals surface area contributed by atoms with Crippen molar-refractivity contribution < 1.29 is 39.2 Å². The summed E-state index contributed by atoms with van der Waals surface area (Å²) in [5, 5.41) is 34.8. The summed E-state index contributed by atoms with van der Waals surface area (Å²) >= 11 is 0. The van der Waals surface area contributed by atoms with Gasteiger partial charge in [-0.3, -0.25) is 9.59 Å². The minimum Gasteiger partial charge on any atom is -0.455 e. The number of ether oxygens (including phenoxy) is 2. The van der Waals surface area contributed by atoms with E-state index in [2.05, 4.69) is 6.92 Å². The Labute approximate surface area is 249 Å². The fourth-order valence-corrected chi connectivity index (χ4v) is 8.09. The van der Waals surface area contributed by atoms with Gasteiger partial charge in [-0.15, -0.1) is 0 Å². The van der Waals surface area contributed by atoms with Gasteiger partial charge in [-0.1, -0.05) is 84.8 Å². The van der Waals surface area contributed by atoms with Crippen LogP contribution in [-0.2, 0) is 23.9 Å². The molecule has 0 heterocycles. The molecular weight excluding hydrogens is 536 g/mol. The van der Waals surface area contributed by atoms with Crippen LogP contribution in [0.3, 0.4) is 0 Å². The summed E-state index contributed by atoms with van der Waals surface area (Å²) in [6, 6.07) is 0. The zero-order valence-electron chi connectivity index (χ0n) is 26.1. The van der Waals surface area contributed by atoms with Gasteiger partial charge in [0, 0.05) is 41.6 Å². The Morgan fingerprint density at radius 3 is 2.45 bits per heavy atom. The van der Waals surface area contributed by atoms with Gasteiger partial charge in [0.05, 0.1) is 18.1 Å². The smallest absolute Gasteiger partial charge is 0.331 e. The standard InChI is InChI=1S/C34H48O8/c1-8-9-10-11-12-13-14-15-26(36)41-29-22(5)33(40)24(27-31(6,7)34(27,29)42-30(38)20(2)3)17-23(19-35)18-32(39)25(33)16-21(4)28(32)37/h12-17,20,22,24-25,27,29,35,39-40H,8-11,18-19H2,1-7H3. The van der Waals surface area contributed by atoms with E-state index in [1.165, 1.54) is 6.08 Å². The molecule has 0 amide bonds. The average molecular weight is 585 g/mol. The van der Waals surface area contributed by atoms with Crippen LogP contribution < -0.4 is 0 Å². The summed E-state index contributed by atoms with van der Waals surface area (Å²) in [5.74, 6) is -5.11. The molecule has 0 radical (unpaired) electrons. The van der Waals surface area contributed by atoms with Crippen LogP contribution in [-0.4, -0.2) is 62.6 Å². The van der Waals surface area contributed by atoms with Gasteiger partial charge in [0.25, 0.3) is 0 Å². The van der Waals surface area contributed by atoms with E-state index in [0.717, 1.165) is 25.7 Å². The molecule has 2 fully saturated rings. The fourth-order valence-electron chi connectivity index (χ4n) is 8.09. The largest absolute Gasteiger partial charge is 0.455 e. The lowest BCUT2D eigenvalue weighted by Crippen LogP contribution is -2.66. The van der Waals surface area contributed by atoms with E-state index < -0.39 is 82.2 Å². The lowest BCUT2D eigenvalue weighted by atomic mass is 9.59. The summed E-state index contributed by atoms with van der Waals surface area (Å²) in [7, 11) is 0. The Balaban J connectivity index is 1.78. The Hall–Kier alpha value is -2.55. The zero-order valence-corrected chi connectivity index (χ0v) is 26.1. The second-order valence-corrected chi connectivity index (χ2v) is 13.7. The summed E-state index contributed by atoms with van der Waals surface area (Å²) in [6.07, 6.45) is 13.1. The van der Waals surface area contributed by atoms with Crippen molar-refractivity contribution in [2.75, 3.05) is 6.61 Å². The lowest BCUT2D eigenvalue weighted by Gasteiger charge is -2.53. The van der Waals surface area contributed by atoms with Crippen LogP contribution in [0.5, 0.6) is 0 Å². The van der Waals surface area contributed by atoms with Crippen LogP contribution in [0, 0.1) is 35.0 Å². The third-order valence-electron chi connectivity index (χ3n) is 10.4. The van der Waals surface area contributed by atoms with E-state index in [1.54, 1.807) is 52.0 Å². The van der Waals surface area contributed by atoms with E-state index in [0.29, 0.717) is 11.1 Å². The lowest BCUT2D eigenvalue weighted by molar-refractivity contribution is -0.228. The molecule has 8 nitrogen and oxygen atoms in total. The second kappa shape index (κ2) is 11.5. The number of hydrogen-bond acceptors (Lipinski definition) is 8. The highest BCUT2D eigenvalue weighted by atomic mass is 16.6. The summed E-state index contributed by atoms with van der Waals surface area (Å²) < 4.78 is 12.4. The van der Waals surface area contributed by atoms with Crippen molar-refractivity contribution in [3.8, 4) is 0 Å². The van der Waals surface area contributed by atoms with Crippen LogP contribution >= 0.6 is 0 Å². The number of carbonyl (C=O) groups is 3. The molecule has 4 aliphatic rings. The third-order valence-corrected chi connectivity index (χ3v) is 10.4. The Kier molecular flexibility index (Phi) is 8.87. The van der Waals surface area contributed by atoms with Crippen molar-refractivity contribution in [1.29, 1.82) is 0 Å². The monoisotopic (exact) mass is 584 g/mol. The maximum absolute atomic E-state index is 13.3. The van der Waals surface area contributed by atoms with E-state index in [9.17, 15) is 29.7 Å². The minimum atomic E-state index is -1.96. The predicted molar refractivity (Wildman–Crippen MR) is 158 cm³/mol. The van der Waals surface area contributed by atoms with Crippen molar-refractivity contribution >= 4 is 17.7 Å². The molecule has 0 saturated heterocycles. The average Bonchev–Trinajstić information content (AvgIpc) is 3.36. The van der Waals surface area contributed by atoms with Gasteiger partial charge in [-0.25, -0.2) is 4.79 Å². The molecular formula is C34H48O8. The molecule has 0 aromatic rings. The summed E-state index contributed by atoms with van der Waals surface area (Å²) in [6.45, 7) is 12.4. The van der Waals surface area contributed by atoms with E-state index in [-0.39, 0.29) is 6.42 Å². The first kappa shape index (κ1) is 32.4. The third kappa shape index (κ3) is 4.83. The van der Waals surface area contributed by atoms with Gasteiger partial charge >= 0.3 is 11.9 Å². The number of carbonyl (C=O) groups excluding carboxylic acids is 3. The van der Waals surface area contributed by atoms with Crippen molar-refractivity contribution in [2.24, 2.45) is 35.0 Å². The number of ketones is 1. The quantitative estimate of drug-likeness (QED) is 0.113. The molecule has 0 aliphatic heterocycles. The van der Waals surface area contributed by atoms with Gasteiger partial charge in [0.1, 0.15) is 11.7 Å². The topological polar surface area (TPSA) is 130 Å². The van der Waals surface area contributed by atoms with Crippen molar-refractivity contribution in [3.63, 3.8) is 0 Å². The molecule has 4 aliphatic carbocycles. The Morgan fingerprint density at radius 1 is 1.14 bits per heavy atom. The first-order valence-electron chi connectivity index (χ1n) is 15.4. The van der Waals surface area contributed by atoms with Gasteiger partial charge in [0.2, 0.25) is 0 Å². The van der Waals surface area contributed by atoms with Crippen LogP contribution in [0.25, 0.3) is 0 Å². The van der Waals surface area contributed by atoms with Gasteiger partial charge in [-0.2, -0.15) is 0 Å². The van der Waals surface area contributed by atoms with Crippen LogP contribution in [0.15, 0.2) is 47.6 Å². The minimum absolute atomic E-state index is 0.129. The Bertz CT molecular complexity index is 1220. The van der Waals surface area contributed by atoms with Crippen molar-refractivity contribution in [3.05, 3.63) is 47.6 Å². The summed E-state index contributed by atoms with van der Waals surface area (Å²) in [4.78, 5) is 39.6. The van der Waals surface area contributed by atoms with E-state index in [4.69, 9.17) is 9.47 Å². The highest BCUT2D eigenvalue weighted by Gasteiger charge is 2.88. The molecule has 0 spiro atoms. The normalized spacial score (nSPS) is 38.5. The molecule has 8 atom stereocenters. The molecule has 0 aromatic carbocycles. The van der Waals surface area contributed by atoms with Gasteiger partial charge < -0.3 is 24.8 Å². The second-order valence-electron chi connectivity index (χ2n) is 13.7. The number of allylic oxidation sites excluding steroid dienone is 3. The van der Waals surface area contributed by atoms with Crippen LogP contribution in [0.4, 0.5) is 0 Å². The number of fused-ring (bicyclic) bond motifs is 5. The predicted octanol–water partition coefficient (Wildman–Crippen LogP) is 4.38. The molecule has 232 valence electrons. The molecule has 8 unspecified atom stereocenters. The maximum atomic E-state index is 13.3. The Morgan fingerprint density at radius 2 is 1.83 bits per heavy atom. The highest BCUT2D eigenvalue weighted by Crippen LogP contribution is 2.77. The SMILES string of the molecule is CCCCCC=CC=CC(=O)OC1C(C)C2(O)C(C=C(CO)CC3(O)C(=O)C(C)=CC32)C2C(C)(C)C12OC(=O)C(C)C. The van der Waals surface area contributed by atoms with Crippen LogP contribution in [0.1, 0.15) is 80.6 Å². The summed E-state index contributed by atoms with van der Waals surface area (Å²) in [5.41, 5.74) is -4.94. The van der Waals surface area contributed by atoms with Crippen LogP contribution in [0.2, 0.25) is 0 Å². The number of Topliss-reactive ketones (excluding diaryl/α,β-unsaturated/α-hetero) is 1. The number of rotatable bonds is 10. The van der Waals surface area contributed by atoms with Gasteiger partial charge in [-0.05, 0) is 30.9 Å². The highest BCUT2D eigenvalue weighted by molar-refractivity contribution is 6.04. The fraction of sp³-hybridized carbons (Fsp3) is 0.676. The molecule has 42 heavy (non-hydrogen) atoms. The first-order valence-corrected chi connectivity index (χ1v) is 15.4. The van der Waals surface area contributed by atoms with Crippen molar-refractivity contribution in [2.45, 2.75) is 103 Å². The molecule has 0 aromatic heterocycles. The molecule has 2 saturated carbocycles. The number of aliphatic hydroxyl groups is 3. The number of hydrogen-bond donors (Lipinski definition) is 3. The van der Waals surface area contributed by atoms with E-state index in [1.807, 2.05) is 19.9 Å². The zero-order chi connectivity index (χ0) is 31.3. The number of esters is 2. The van der Waals surface area contributed by atoms with E-state index >= 15 is 0 Å².